The molecule has 0 aliphatic rings. The van der Waals surface area contributed by atoms with Crippen molar-refractivity contribution in [3.05, 3.63) is 34.3 Å². The number of alkyl halides is 1. The predicted octanol–water partition coefficient (Wildman–Crippen LogP) is 3.74. The average molecular weight is 230 g/mol. The highest BCUT2D eigenvalue weighted by molar-refractivity contribution is 6.31. The molecule has 0 unspecified atom stereocenters. The first-order valence-corrected chi connectivity index (χ1v) is 5.29. The van der Waals surface area contributed by atoms with Gasteiger partial charge in [0.15, 0.2) is 0 Å². The molecule has 84 valence electrons. The van der Waals surface area contributed by atoms with Crippen LogP contribution in [-0.4, -0.2) is 0 Å². The van der Waals surface area contributed by atoms with Gasteiger partial charge in [-0.05, 0) is 39.3 Å². The summed E-state index contributed by atoms with van der Waals surface area (Å²) in [7, 11) is 0. The van der Waals surface area contributed by atoms with Gasteiger partial charge in [0.1, 0.15) is 5.67 Å². The summed E-state index contributed by atoms with van der Waals surface area (Å²) >= 11 is 6.02. The van der Waals surface area contributed by atoms with E-state index < -0.39 is 11.2 Å². The van der Waals surface area contributed by atoms with Gasteiger partial charge >= 0.3 is 0 Å². The molecule has 0 heterocycles. The molecule has 0 aliphatic heterocycles. The number of rotatable bonds is 2. The maximum absolute atomic E-state index is 14.0. The second-order valence-electron chi connectivity index (χ2n) is 4.86. The number of nitrogens with two attached hydrogens (primary N) is 1. The first-order valence-electron chi connectivity index (χ1n) is 4.91. The van der Waals surface area contributed by atoms with Crippen LogP contribution in [0.4, 0.5) is 4.39 Å². The number of hydrogen-bond donors (Lipinski definition) is 1. The van der Waals surface area contributed by atoms with Crippen LogP contribution in [0.2, 0.25) is 5.02 Å². The lowest BCUT2D eigenvalue weighted by Crippen LogP contribution is -2.32. The van der Waals surface area contributed by atoms with Gasteiger partial charge < -0.3 is 5.73 Å². The molecule has 0 atom stereocenters. The lowest BCUT2D eigenvalue weighted by Gasteiger charge is -2.28. The van der Waals surface area contributed by atoms with E-state index in [4.69, 9.17) is 17.3 Å². The van der Waals surface area contributed by atoms with E-state index in [0.29, 0.717) is 10.6 Å². The molecule has 0 radical (unpaired) electrons. The van der Waals surface area contributed by atoms with Crippen LogP contribution in [0.1, 0.15) is 38.8 Å². The largest absolute Gasteiger partial charge is 0.322 e. The minimum absolute atomic E-state index is 0.429. The van der Waals surface area contributed by atoms with Crippen molar-refractivity contribution in [1.82, 2.24) is 0 Å². The Morgan fingerprint density at radius 2 is 1.73 bits per heavy atom. The lowest BCUT2D eigenvalue weighted by molar-refractivity contribution is 0.217. The van der Waals surface area contributed by atoms with Crippen molar-refractivity contribution < 1.29 is 4.39 Å². The first-order chi connectivity index (χ1) is 6.64. The molecule has 0 saturated heterocycles. The number of benzene rings is 1. The summed E-state index contributed by atoms with van der Waals surface area (Å²) in [5.74, 6) is 0. The van der Waals surface area contributed by atoms with Crippen molar-refractivity contribution in [2.75, 3.05) is 0 Å². The van der Waals surface area contributed by atoms with Gasteiger partial charge in [-0.2, -0.15) is 0 Å². The average Bonchev–Trinajstić information content (AvgIpc) is 1.99. The Bertz CT molecular complexity index is 361. The van der Waals surface area contributed by atoms with E-state index in [-0.39, 0.29) is 0 Å². The monoisotopic (exact) mass is 229 g/mol. The molecule has 1 rings (SSSR count). The van der Waals surface area contributed by atoms with Gasteiger partial charge in [-0.25, -0.2) is 4.39 Å². The summed E-state index contributed by atoms with van der Waals surface area (Å²) in [5, 5.41) is 0.429. The SMILES string of the molecule is CC(C)(N)c1cccc(Cl)c1C(C)(C)F. The van der Waals surface area contributed by atoms with Crippen LogP contribution in [0.15, 0.2) is 18.2 Å². The molecule has 0 bridgehead atoms. The molecule has 2 N–H and O–H groups in total. The van der Waals surface area contributed by atoms with Gasteiger partial charge in [0.25, 0.3) is 0 Å². The quantitative estimate of drug-likeness (QED) is 0.822. The molecular formula is C12H17ClFN. The molecule has 1 nitrogen and oxygen atoms in total. The molecule has 3 heteroatoms. The second kappa shape index (κ2) is 3.76. The van der Waals surface area contributed by atoms with Crippen molar-refractivity contribution in [3.8, 4) is 0 Å². The van der Waals surface area contributed by atoms with Gasteiger partial charge in [0.05, 0.1) is 0 Å². The molecule has 0 spiro atoms. The molecule has 0 amide bonds. The van der Waals surface area contributed by atoms with E-state index in [0.717, 1.165) is 5.56 Å². The molecule has 0 saturated carbocycles. The Hall–Kier alpha value is -0.600. The third-order valence-corrected chi connectivity index (χ3v) is 2.62. The van der Waals surface area contributed by atoms with E-state index in [1.807, 2.05) is 19.9 Å². The van der Waals surface area contributed by atoms with Gasteiger partial charge in [0, 0.05) is 16.1 Å². The van der Waals surface area contributed by atoms with E-state index in [2.05, 4.69) is 0 Å². The fourth-order valence-electron chi connectivity index (χ4n) is 1.67. The van der Waals surface area contributed by atoms with Crippen molar-refractivity contribution in [2.45, 2.75) is 38.9 Å². The van der Waals surface area contributed by atoms with Crippen LogP contribution in [0.25, 0.3) is 0 Å². The van der Waals surface area contributed by atoms with Gasteiger partial charge in [-0.3, -0.25) is 0 Å². The van der Waals surface area contributed by atoms with E-state index >= 15 is 0 Å². The standard InChI is InChI=1S/C12H17ClFN/c1-11(2,14)10-8(12(3,4)15)6-5-7-9(10)13/h5-7H,15H2,1-4H3. The second-order valence-corrected chi connectivity index (χ2v) is 5.26. The maximum atomic E-state index is 14.0. The first kappa shape index (κ1) is 12.5. The normalized spacial score (nSPS) is 13.0. The van der Waals surface area contributed by atoms with Crippen LogP contribution in [0.3, 0.4) is 0 Å². The van der Waals surface area contributed by atoms with E-state index in [1.54, 1.807) is 12.1 Å². The molecule has 0 aliphatic carbocycles. The molecule has 1 aromatic rings. The Morgan fingerprint density at radius 3 is 2.07 bits per heavy atom. The van der Waals surface area contributed by atoms with E-state index in [9.17, 15) is 4.39 Å². The van der Waals surface area contributed by atoms with Crippen LogP contribution in [-0.2, 0) is 11.2 Å². The molecule has 0 fully saturated rings. The van der Waals surface area contributed by atoms with Crippen LogP contribution >= 0.6 is 11.6 Å². The third-order valence-electron chi connectivity index (χ3n) is 2.30. The highest BCUT2D eigenvalue weighted by Gasteiger charge is 2.30. The Kier molecular flexibility index (Phi) is 3.13. The Morgan fingerprint density at radius 1 is 1.20 bits per heavy atom. The number of hydrogen-bond acceptors (Lipinski definition) is 1. The van der Waals surface area contributed by atoms with Gasteiger partial charge in [-0.1, -0.05) is 23.7 Å². The van der Waals surface area contributed by atoms with Crippen molar-refractivity contribution >= 4 is 11.6 Å². The highest BCUT2D eigenvalue weighted by atomic mass is 35.5. The Balaban J connectivity index is 3.48. The summed E-state index contributed by atoms with van der Waals surface area (Å²) in [6.07, 6.45) is 0. The summed E-state index contributed by atoms with van der Waals surface area (Å²) in [5.41, 5.74) is 5.16. The predicted molar refractivity (Wildman–Crippen MR) is 62.8 cm³/mol. The van der Waals surface area contributed by atoms with Gasteiger partial charge in [-0.15, -0.1) is 0 Å². The Labute approximate surface area is 95.4 Å². The molecule has 1 aromatic carbocycles. The molecule has 0 aromatic heterocycles. The zero-order chi connectivity index (χ0) is 11.9. The zero-order valence-electron chi connectivity index (χ0n) is 9.57. The van der Waals surface area contributed by atoms with Crippen molar-refractivity contribution in [2.24, 2.45) is 5.73 Å². The summed E-state index contributed by atoms with van der Waals surface area (Å²) < 4.78 is 14.0. The third kappa shape index (κ3) is 2.70. The maximum Gasteiger partial charge on any atom is 0.132 e. The fraction of sp³-hybridized carbons (Fsp3) is 0.500. The van der Waals surface area contributed by atoms with Crippen LogP contribution < -0.4 is 5.73 Å². The number of halogens is 2. The fourth-order valence-corrected chi connectivity index (χ4v) is 2.06. The van der Waals surface area contributed by atoms with Crippen LogP contribution in [0, 0.1) is 0 Å². The summed E-state index contributed by atoms with van der Waals surface area (Å²) in [6, 6.07) is 5.30. The van der Waals surface area contributed by atoms with Crippen LogP contribution in [0.5, 0.6) is 0 Å². The summed E-state index contributed by atoms with van der Waals surface area (Å²) in [4.78, 5) is 0. The van der Waals surface area contributed by atoms with Crippen molar-refractivity contribution in [3.63, 3.8) is 0 Å². The summed E-state index contributed by atoms with van der Waals surface area (Å²) in [6.45, 7) is 6.66. The van der Waals surface area contributed by atoms with Crippen molar-refractivity contribution in [1.29, 1.82) is 0 Å². The highest BCUT2D eigenvalue weighted by Crippen LogP contribution is 2.37. The molecular weight excluding hydrogens is 213 g/mol. The molecule has 15 heavy (non-hydrogen) atoms. The van der Waals surface area contributed by atoms with Gasteiger partial charge in [0.2, 0.25) is 0 Å². The zero-order valence-corrected chi connectivity index (χ0v) is 10.3. The topological polar surface area (TPSA) is 26.0 Å². The minimum atomic E-state index is -1.48. The lowest BCUT2D eigenvalue weighted by atomic mass is 9.85. The minimum Gasteiger partial charge on any atom is -0.322 e. The smallest absolute Gasteiger partial charge is 0.132 e. The van der Waals surface area contributed by atoms with E-state index in [1.165, 1.54) is 13.8 Å².